The van der Waals surface area contributed by atoms with E-state index in [4.69, 9.17) is 11.6 Å². The zero-order chi connectivity index (χ0) is 18.3. The Morgan fingerprint density at radius 3 is 2.73 bits per heavy atom. The van der Waals surface area contributed by atoms with Crippen LogP contribution in [0.4, 0.5) is 0 Å². The Hall–Kier alpha value is -2.64. The lowest BCUT2D eigenvalue weighted by Gasteiger charge is -2.15. The van der Waals surface area contributed by atoms with Crippen molar-refractivity contribution in [2.24, 2.45) is 7.05 Å². The van der Waals surface area contributed by atoms with Gasteiger partial charge in [-0.05, 0) is 12.1 Å². The molecule has 0 saturated carbocycles. The highest BCUT2D eigenvalue weighted by Crippen LogP contribution is 2.25. The second-order valence-corrected chi connectivity index (χ2v) is 7.36. The van der Waals surface area contributed by atoms with Crippen molar-refractivity contribution < 1.29 is 4.79 Å². The van der Waals surface area contributed by atoms with Crippen molar-refractivity contribution in [1.29, 1.82) is 0 Å². The molecule has 0 aliphatic rings. The normalized spacial score (nSPS) is 11.2. The topological polar surface area (TPSA) is 55.4 Å². The molecule has 3 heterocycles. The number of nitrogens with zero attached hydrogens (tertiary/aromatic N) is 5. The first-order valence-electron chi connectivity index (χ1n) is 7.97. The number of benzene rings is 1. The van der Waals surface area contributed by atoms with Gasteiger partial charge in [-0.25, -0.2) is 4.98 Å². The summed E-state index contributed by atoms with van der Waals surface area (Å²) in [5.41, 5.74) is 3.37. The molecule has 3 aromatic heterocycles. The van der Waals surface area contributed by atoms with Crippen LogP contribution in [0.15, 0.2) is 48.2 Å². The van der Waals surface area contributed by atoms with Crippen molar-refractivity contribution >= 4 is 33.8 Å². The van der Waals surface area contributed by atoms with E-state index in [0.717, 1.165) is 21.8 Å². The van der Waals surface area contributed by atoms with Crippen molar-refractivity contribution in [3.63, 3.8) is 0 Å². The van der Waals surface area contributed by atoms with Crippen molar-refractivity contribution in [3.8, 4) is 11.3 Å². The minimum atomic E-state index is -0.0554. The number of aryl methyl sites for hydroxylation is 1. The van der Waals surface area contributed by atoms with Gasteiger partial charge in [0.2, 0.25) is 0 Å². The molecule has 0 aliphatic heterocycles. The summed E-state index contributed by atoms with van der Waals surface area (Å²) in [6.45, 7) is 0.503. The van der Waals surface area contributed by atoms with Gasteiger partial charge in [-0.2, -0.15) is 5.10 Å². The Morgan fingerprint density at radius 2 is 2.04 bits per heavy atom. The molecule has 4 rings (SSSR count). The molecule has 0 bridgehead atoms. The number of rotatable bonds is 4. The second-order valence-electron chi connectivity index (χ2n) is 6.09. The summed E-state index contributed by atoms with van der Waals surface area (Å²) in [5, 5.41) is 6.67. The van der Waals surface area contributed by atoms with Crippen LogP contribution in [0, 0.1) is 0 Å². The van der Waals surface area contributed by atoms with Crippen molar-refractivity contribution in [1.82, 2.24) is 24.1 Å². The molecule has 0 aliphatic carbocycles. The highest BCUT2D eigenvalue weighted by molar-refractivity contribution is 7.15. The molecule has 1 amide bonds. The minimum absolute atomic E-state index is 0.0554. The second kappa shape index (κ2) is 6.59. The fraction of sp³-hybridized carbons (Fsp3) is 0.167. The quantitative estimate of drug-likeness (QED) is 0.538. The Kier molecular flexibility index (Phi) is 4.26. The van der Waals surface area contributed by atoms with Crippen molar-refractivity contribution in [2.75, 3.05) is 7.05 Å². The van der Waals surface area contributed by atoms with Gasteiger partial charge in [-0.1, -0.05) is 23.7 Å². The Labute approximate surface area is 159 Å². The van der Waals surface area contributed by atoms with E-state index < -0.39 is 0 Å². The van der Waals surface area contributed by atoms with E-state index in [1.165, 1.54) is 11.3 Å². The summed E-state index contributed by atoms with van der Waals surface area (Å²) in [4.78, 5) is 19.9. The van der Waals surface area contributed by atoms with Crippen LogP contribution in [0.2, 0.25) is 5.02 Å². The summed E-state index contributed by atoms with van der Waals surface area (Å²) in [7, 11) is 3.65. The molecule has 6 nitrogen and oxygen atoms in total. The molecule has 1 aromatic carbocycles. The summed E-state index contributed by atoms with van der Waals surface area (Å²) < 4.78 is 3.57. The van der Waals surface area contributed by atoms with E-state index in [1.807, 2.05) is 53.5 Å². The number of fused-ring (bicyclic) bond motifs is 1. The molecule has 0 unspecified atom stereocenters. The van der Waals surface area contributed by atoms with Crippen LogP contribution in [0.25, 0.3) is 16.2 Å². The molecule has 26 heavy (non-hydrogen) atoms. The van der Waals surface area contributed by atoms with Crippen LogP contribution in [0.5, 0.6) is 0 Å². The third kappa shape index (κ3) is 3.11. The van der Waals surface area contributed by atoms with Gasteiger partial charge in [-0.15, -0.1) is 11.3 Å². The Morgan fingerprint density at radius 1 is 1.27 bits per heavy atom. The van der Waals surface area contributed by atoms with E-state index in [1.54, 1.807) is 22.8 Å². The maximum Gasteiger partial charge on any atom is 0.271 e. The van der Waals surface area contributed by atoms with Gasteiger partial charge in [0.25, 0.3) is 5.91 Å². The van der Waals surface area contributed by atoms with Crippen LogP contribution in [0.3, 0.4) is 0 Å². The molecule has 0 atom stereocenters. The number of thiazole rings is 1. The lowest BCUT2D eigenvalue weighted by atomic mass is 10.2. The predicted octanol–water partition coefficient (Wildman–Crippen LogP) is 3.72. The summed E-state index contributed by atoms with van der Waals surface area (Å²) in [6, 6.07) is 7.51. The largest absolute Gasteiger partial charge is 0.336 e. The fourth-order valence-electron chi connectivity index (χ4n) is 2.79. The van der Waals surface area contributed by atoms with Gasteiger partial charge in [0, 0.05) is 54.6 Å². The van der Waals surface area contributed by atoms with Crippen LogP contribution < -0.4 is 0 Å². The molecule has 0 spiro atoms. The third-order valence-corrected chi connectivity index (χ3v) is 5.18. The van der Waals surface area contributed by atoms with Gasteiger partial charge in [-0.3, -0.25) is 13.9 Å². The standard InChI is InChI=1S/C18H16ClN5OS/c1-22(8-12-7-20-23(2)9-12)17(25)16-11-26-18-21-15(10-24(16)18)13-3-5-14(19)6-4-13/h3-7,9-11H,8H2,1-2H3. The lowest BCUT2D eigenvalue weighted by molar-refractivity contribution is 0.0778. The predicted molar refractivity (Wildman–Crippen MR) is 103 cm³/mol. The van der Waals surface area contributed by atoms with Crippen LogP contribution in [-0.2, 0) is 13.6 Å². The molecule has 4 aromatic rings. The smallest absolute Gasteiger partial charge is 0.271 e. The number of aromatic nitrogens is 4. The van der Waals surface area contributed by atoms with Crippen LogP contribution >= 0.6 is 22.9 Å². The number of carbonyl (C=O) groups excluding carboxylic acids is 1. The Balaban J connectivity index is 1.61. The van der Waals surface area contributed by atoms with E-state index in [2.05, 4.69) is 10.1 Å². The maximum absolute atomic E-state index is 12.9. The van der Waals surface area contributed by atoms with E-state index in [-0.39, 0.29) is 5.91 Å². The molecular weight excluding hydrogens is 370 g/mol. The molecule has 0 N–H and O–H groups in total. The van der Waals surface area contributed by atoms with Gasteiger partial charge >= 0.3 is 0 Å². The van der Waals surface area contributed by atoms with Crippen LogP contribution in [0.1, 0.15) is 16.1 Å². The lowest BCUT2D eigenvalue weighted by Crippen LogP contribution is -2.27. The zero-order valence-corrected chi connectivity index (χ0v) is 15.8. The van der Waals surface area contributed by atoms with Crippen molar-refractivity contribution in [2.45, 2.75) is 6.54 Å². The Bertz CT molecular complexity index is 1080. The summed E-state index contributed by atoms with van der Waals surface area (Å²) in [6.07, 6.45) is 5.56. The van der Waals surface area contributed by atoms with E-state index >= 15 is 0 Å². The molecule has 0 radical (unpaired) electrons. The highest BCUT2D eigenvalue weighted by atomic mass is 35.5. The van der Waals surface area contributed by atoms with E-state index in [9.17, 15) is 4.79 Å². The number of carbonyl (C=O) groups is 1. The van der Waals surface area contributed by atoms with E-state index in [0.29, 0.717) is 17.3 Å². The van der Waals surface area contributed by atoms with Gasteiger partial charge in [0.05, 0.1) is 11.9 Å². The number of halogens is 1. The summed E-state index contributed by atoms with van der Waals surface area (Å²) >= 11 is 7.40. The number of imidazole rings is 1. The van der Waals surface area contributed by atoms with Gasteiger partial charge in [0.15, 0.2) is 4.96 Å². The maximum atomic E-state index is 12.9. The molecular formula is C18H16ClN5OS. The molecule has 0 saturated heterocycles. The first-order valence-corrected chi connectivity index (χ1v) is 9.22. The fourth-order valence-corrected chi connectivity index (χ4v) is 3.77. The monoisotopic (exact) mass is 385 g/mol. The SMILES string of the molecule is CN(Cc1cnn(C)c1)C(=O)c1csc2nc(-c3ccc(Cl)cc3)cn12. The first-order chi connectivity index (χ1) is 12.5. The average Bonchev–Trinajstić information content (AvgIpc) is 3.30. The highest BCUT2D eigenvalue weighted by Gasteiger charge is 2.19. The molecule has 8 heteroatoms. The molecule has 132 valence electrons. The molecule has 0 fully saturated rings. The number of hydrogen-bond donors (Lipinski definition) is 0. The summed E-state index contributed by atoms with van der Waals surface area (Å²) in [5.74, 6) is -0.0554. The average molecular weight is 386 g/mol. The van der Waals surface area contributed by atoms with Gasteiger partial charge < -0.3 is 4.90 Å². The third-order valence-electron chi connectivity index (χ3n) is 4.09. The zero-order valence-electron chi connectivity index (χ0n) is 14.3. The minimum Gasteiger partial charge on any atom is -0.336 e. The number of amides is 1. The van der Waals surface area contributed by atoms with Crippen molar-refractivity contribution in [3.05, 3.63) is 64.5 Å². The van der Waals surface area contributed by atoms with Gasteiger partial charge in [0.1, 0.15) is 5.69 Å². The number of hydrogen-bond acceptors (Lipinski definition) is 4. The first kappa shape index (κ1) is 16.8. The van der Waals surface area contributed by atoms with Crippen LogP contribution in [-0.4, -0.2) is 37.0 Å².